The van der Waals surface area contributed by atoms with Crippen molar-refractivity contribution in [2.75, 3.05) is 20.2 Å². The number of benzene rings is 1. The van der Waals surface area contributed by atoms with E-state index in [0.717, 1.165) is 23.7 Å². The van der Waals surface area contributed by atoms with E-state index in [2.05, 4.69) is 21.7 Å². The van der Waals surface area contributed by atoms with Gasteiger partial charge in [0.2, 0.25) is 11.8 Å². The maximum absolute atomic E-state index is 13.5. The number of rotatable bonds is 6. The number of carbonyl (C=O) groups excluding carboxylic acids is 3. The largest absolute Gasteiger partial charge is 0.496 e. The molecule has 33 heavy (non-hydrogen) atoms. The van der Waals surface area contributed by atoms with Gasteiger partial charge in [-0.1, -0.05) is 6.07 Å². The number of aromatic nitrogens is 1. The summed E-state index contributed by atoms with van der Waals surface area (Å²) in [5, 5.41) is 16.0. The Bertz CT molecular complexity index is 1150. The van der Waals surface area contributed by atoms with Gasteiger partial charge in [0, 0.05) is 29.9 Å². The zero-order chi connectivity index (χ0) is 23.1. The van der Waals surface area contributed by atoms with Crippen LogP contribution in [0.2, 0.25) is 0 Å². The van der Waals surface area contributed by atoms with Crippen LogP contribution in [0.5, 0.6) is 5.75 Å². The highest BCUT2D eigenvalue weighted by Crippen LogP contribution is 2.45. The molecule has 5 atom stereocenters. The first-order chi connectivity index (χ1) is 16.0. The van der Waals surface area contributed by atoms with Crippen LogP contribution in [0, 0.1) is 29.1 Å². The van der Waals surface area contributed by atoms with E-state index in [-0.39, 0.29) is 36.0 Å². The summed E-state index contributed by atoms with van der Waals surface area (Å²) in [6.07, 6.45) is 2.82. The molecule has 1 aliphatic carbocycles. The molecular formula is C24H27N5O4. The summed E-state index contributed by atoms with van der Waals surface area (Å²) < 4.78 is 5.40. The lowest BCUT2D eigenvalue weighted by Gasteiger charge is -2.33. The third-order valence-corrected chi connectivity index (χ3v) is 7.41. The van der Waals surface area contributed by atoms with Crippen LogP contribution in [0.3, 0.4) is 0 Å². The molecule has 0 radical (unpaired) electrons. The van der Waals surface area contributed by atoms with Gasteiger partial charge in [0.05, 0.1) is 13.2 Å². The summed E-state index contributed by atoms with van der Waals surface area (Å²) >= 11 is 0. The van der Waals surface area contributed by atoms with Gasteiger partial charge < -0.3 is 25.3 Å². The Balaban J connectivity index is 1.35. The number of hydrogen-bond acceptors (Lipinski definition) is 5. The van der Waals surface area contributed by atoms with Crippen LogP contribution in [0.4, 0.5) is 0 Å². The van der Waals surface area contributed by atoms with Crippen LogP contribution < -0.4 is 15.4 Å². The number of carbonyl (C=O) groups is 3. The predicted octanol–water partition coefficient (Wildman–Crippen LogP) is 1.56. The number of likely N-dealkylation sites (tertiary alicyclic amines) is 1. The van der Waals surface area contributed by atoms with Gasteiger partial charge in [-0.15, -0.1) is 0 Å². The summed E-state index contributed by atoms with van der Waals surface area (Å²) in [5.74, 6) is 0.184. The van der Waals surface area contributed by atoms with E-state index >= 15 is 0 Å². The lowest BCUT2D eigenvalue weighted by molar-refractivity contribution is -0.128. The molecule has 1 aromatic heterocycles. The maximum Gasteiger partial charge on any atom is 0.271 e. The quantitative estimate of drug-likeness (QED) is 0.617. The fourth-order valence-corrected chi connectivity index (χ4v) is 5.51. The number of aromatic amines is 1. The molecule has 0 spiro atoms. The molecule has 2 aromatic rings. The number of H-pyrrole nitrogens is 1. The van der Waals surface area contributed by atoms with Crippen LogP contribution in [-0.2, 0) is 9.59 Å². The Kier molecular flexibility index (Phi) is 5.44. The van der Waals surface area contributed by atoms with Gasteiger partial charge in [-0.2, -0.15) is 5.26 Å². The van der Waals surface area contributed by atoms with E-state index in [1.54, 1.807) is 18.1 Å². The average molecular weight is 450 g/mol. The number of ether oxygens (including phenoxy) is 1. The normalized spacial score (nSPS) is 26.8. The molecule has 1 saturated carbocycles. The number of methoxy groups -OCH3 is 1. The second-order valence-electron chi connectivity index (χ2n) is 9.21. The van der Waals surface area contributed by atoms with E-state index in [1.807, 2.05) is 18.2 Å². The van der Waals surface area contributed by atoms with Crippen molar-refractivity contribution < 1.29 is 19.1 Å². The molecule has 0 bridgehead atoms. The van der Waals surface area contributed by atoms with Gasteiger partial charge in [-0.3, -0.25) is 14.4 Å². The van der Waals surface area contributed by atoms with Crippen molar-refractivity contribution in [1.29, 1.82) is 5.26 Å². The molecule has 5 rings (SSSR count). The second-order valence-corrected chi connectivity index (χ2v) is 9.21. The maximum atomic E-state index is 13.5. The molecule has 9 heteroatoms. The van der Waals surface area contributed by atoms with Crippen LogP contribution >= 0.6 is 0 Å². The lowest BCUT2D eigenvalue weighted by atomic mass is 9.73. The van der Waals surface area contributed by atoms with Crippen molar-refractivity contribution in [2.45, 2.75) is 37.8 Å². The van der Waals surface area contributed by atoms with Crippen molar-refractivity contribution >= 4 is 28.6 Å². The fourth-order valence-electron chi connectivity index (χ4n) is 5.51. The minimum Gasteiger partial charge on any atom is -0.496 e. The smallest absolute Gasteiger partial charge is 0.271 e. The minimum absolute atomic E-state index is 0.0736. The topological polar surface area (TPSA) is 127 Å². The van der Waals surface area contributed by atoms with Gasteiger partial charge in [-0.05, 0) is 55.7 Å². The number of hydrogen-bond donors (Lipinski definition) is 3. The molecule has 3 aliphatic rings. The molecule has 3 amide bonds. The highest BCUT2D eigenvalue weighted by atomic mass is 16.5. The van der Waals surface area contributed by atoms with Crippen LogP contribution in [-0.4, -0.2) is 59.9 Å². The molecule has 3 unspecified atom stereocenters. The first-order valence-corrected chi connectivity index (χ1v) is 11.4. The Morgan fingerprint density at radius 3 is 2.85 bits per heavy atom. The third kappa shape index (κ3) is 3.69. The monoisotopic (exact) mass is 449 g/mol. The first kappa shape index (κ1) is 21.3. The minimum atomic E-state index is -0.764. The number of nitrogens with one attached hydrogen (secondary N) is 3. The standard InChI is InChI=1S/C24H27N5O4/c1-33-20-4-2-3-18-17(20)10-19(28-18)24(32)29-12-14-5-6-16(14)21(29)23(31)27-15(11-25)9-13-7-8-26-22(13)30/h2-4,10,13-16,21,28H,5-9,12H2,1H3,(H,26,30)(H,27,31)/t13-,14?,15-,16?,21?/m0/s1. The highest BCUT2D eigenvalue weighted by molar-refractivity contribution is 6.02. The van der Waals surface area contributed by atoms with E-state index in [9.17, 15) is 19.6 Å². The Morgan fingerprint density at radius 1 is 1.33 bits per heavy atom. The first-order valence-electron chi connectivity index (χ1n) is 11.4. The molecular weight excluding hydrogens is 422 g/mol. The SMILES string of the molecule is COc1cccc2[nH]c(C(=O)N3CC4CCC4C3C(=O)N[C@H](C#N)C[C@@H]3CCNC3=O)cc12. The van der Waals surface area contributed by atoms with Crippen molar-refractivity contribution in [3.63, 3.8) is 0 Å². The summed E-state index contributed by atoms with van der Waals surface area (Å²) in [4.78, 5) is 43.5. The van der Waals surface area contributed by atoms with Crippen LogP contribution in [0.15, 0.2) is 24.3 Å². The van der Waals surface area contributed by atoms with Gasteiger partial charge in [0.25, 0.3) is 5.91 Å². The van der Waals surface area contributed by atoms with Crippen molar-refractivity contribution in [3.8, 4) is 11.8 Å². The van der Waals surface area contributed by atoms with Crippen LogP contribution in [0.1, 0.15) is 36.2 Å². The molecule has 3 fully saturated rings. The molecule has 9 nitrogen and oxygen atoms in total. The predicted molar refractivity (Wildman–Crippen MR) is 119 cm³/mol. The summed E-state index contributed by atoms with van der Waals surface area (Å²) in [7, 11) is 1.59. The van der Waals surface area contributed by atoms with Crippen LogP contribution in [0.25, 0.3) is 10.9 Å². The van der Waals surface area contributed by atoms with Gasteiger partial charge in [0.1, 0.15) is 23.5 Å². The lowest BCUT2D eigenvalue weighted by Crippen LogP contribution is -2.52. The second kappa shape index (κ2) is 8.43. The zero-order valence-corrected chi connectivity index (χ0v) is 18.5. The van der Waals surface area contributed by atoms with Gasteiger partial charge >= 0.3 is 0 Å². The van der Waals surface area contributed by atoms with Crippen molar-refractivity contribution in [2.24, 2.45) is 17.8 Å². The Hall–Kier alpha value is -3.54. The number of nitrogens with zero attached hydrogens (tertiary/aromatic N) is 2. The summed E-state index contributed by atoms with van der Waals surface area (Å²) in [6.45, 7) is 1.12. The molecule has 172 valence electrons. The molecule has 3 heterocycles. The Morgan fingerprint density at radius 2 is 2.18 bits per heavy atom. The Labute approximate surface area is 191 Å². The molecule has 2 aliphatic heterocycles. The molecule has 2 saturated heterocycles. The summed E-state index contributed by atoms with van der Waals surface area (Å²) in [6, 6.07) is 8.07. The molecule has 3 N–H and O–H groups in total. The molecule has 1 aromatic carbocycles. The van der Waals surface area contributed by atoms with E-state index in [0.29, 0.717) is 36.9 Å². The number of amides is 3. The van der Waals surface area contributed by atoms with Gasteiger partial charge in [0.15, 0.2) is 0 Å². The van der Waals surface area contributed by atoms with E-state index in [4.69, 9.17) is 4.74 Å². The van der Waals surface area contributed by atoms with E-state index in [1.165, 1.54) is 0 Å². The zero-order valence-electron chi connectivity index (χ0n) is 18.5. The summed E-state index contributed by atoms with van der Waals surface area (Å²) in [5.41, 5.74) is 1.20. The van der Waals surface area contributed by atoms with E-state index < -0.39 is 12.1 Å². The average Bonchev–Trinajstić information content (AvgIpc) is 3.48. The highest BCUT2D eigenvalue weighted by Gasteiger charge is 2.52. The fraction of sp³-hybridized carbons (Fsp3) is 0.500. The van der Waals surface area contributed by atoms with Crippen molar-refractivity contribution in [3.05, 3.63) is 30.0 Å². The number of fused-ring (bicyclic) bond motifs is 2. The van der Waals surface area contributed by atoms with Gasteiger partial charge in [-0.25, -0.2) is 0 Å². The van der Waals surface area contributed by atoms with Crippen molar-refractivity contribution in [1.82, 2.24) is 20.5 Å². The third-order valence-electron chi connectivity index (χ3n) is 7.41. The number of nitriles is 1.